The Balaban J connectivity index is 1.34. The van der Waals surface area contributed by atoms with E-state index in [4.69, 9.17) is 10.5 Å². The molecule has 4 N–H and O–H groups in total. The van der Waals surface area contributed by atoms with E-state index in [1.807, 2.05) is 18.9 Å². The average molecular weight is 557 g/mol. The van der Waals surface area contributed by atoms with Crippen molar-refractivity contribution < 1.29 is 19.0 Å². The van der Waals surface area contributed by atoms with Gasteiger partial charge in [0.2, 0.25) is 5.78 Å². The van der Waals surface area contributed by atoms with E-state index < -0.39 is 12.3 Å². The molecule has 12 heteroatoms. The van der Waals surface area contributed by atoms with Crippen LogP contribution in [0.25, 0.3) is 27.9 Å². The molecular weight excluding hydrogens is 527 g/mol. The number of carbonyl (C=O) groups is 1. The summed E-state index contributed by atoms with van der Waals surface area (Å²) in [5, 5.41) is 10.4. The molecule has 1 saturated heterocycles. The molecule has 2 atom stereocenters. The van der Waals surface area contributed by atoms with Crippen LogP contribution in [-0.2, 0) is 0 Å². The molecule has 1 aliphatic carbocycles. The van der Waals surface area contributed by atoms with E-state index in [1.165, 1.54) is 12.4 Å². The summed E-state index contributed by atoms with van der Waals surface area (Å²) in [5.74, 6) is 0.0902. The molecule has 5 aromatic rings. The topological polar surface area (TPSA) is 148 Å². The number of alkyl halides is 1. The molecule has 1 aromatic carbocycles. The van der Waals surface area contributed by atoms with Gasteiger partial charge in [0.15, 0.2) is 11.8 Å². The van der Waals surface area contributed by atoms with Gasteiger partial charge in [-0.2, -0.15) is 9.97 Å². The van der Waals surface area contributed by atoms with E-state index in [-0.39, 0.29) is 40.5 Å². The van der Waals surface area contributed by atoms with Crippen LogP contribution < -0.4 is 10.5 Å². The number of halogens is 1. The van der Waals surface area contributed by atoms with Gasteiger partial charge in [-0.25, -0.2) is 9.37 Å². The number of likely N-dealkylation sites (tertiary alicyclic amines) is 1. The fourth-order valence-electron chi connectivity index (χ4n) is 5.77. The average Bonchev–Trinajstić information content (AvgIpc) is 3.53. The number of phenolic OH excluding ortho intramolecular Hbond substituents is 1. The first-order valence-corrected chi connectivity index (χ1v) is 13.6. The summed E-state index contributed by atoms with van der Waals surface area (Å²) in [7, 11) is 1.84. The second kappa shape index (κ2) is 9.23. The van der Waals surface area contributed by atoms with Gasteiger partial charge in [0.25, 0.3) is 0 Å². The molecule has 2 aliphatic rings. The van der Waals surface area contributed by atoms with Crippen LogP contribution in [0.3, 0.4) is 0 Å². The van der Waals surface area contributed by atoms with E-state index in [0.717, 1.165) is 24.1 Å². The lowest BCUT2D eigenvalue weighted by atomic mass is 10.1. The largest absolute Gasteiger partial charge is 0.508 e. The second-order valence-electron chi connectivity index (χ2n) is 11.0. The van der Waals surface area contributed by atoms with Gasteiger partial charge < -0.3 is 20.6 Å². The first-order valence-electron chi connectivity index (χ1n) is 13.6. The SMILES string of the molecule is Cc1ccc(O)c(C)c1-n1c(N)c(C(=O)c2cc3nc(O[C@H]4CN(C)C[C@H]4F)nc(C4CC4)c3[nH]2)c2nccnc21. The highest BCUT2D eigenvalue weighted by Gasteiger charge is 2.35. The lowest BCUT2D eigenvalue weighted by Gasteiger charge is -2.15. The number of nitrogen functional groups attached to an aromatic ring is 1. The highest BCUT2D eigenvalue weighted by atomic mass is 19.1. The summed E-state index contributed by atoms with van der Waals surface area (Å²) < 4.78 is 22.0. The number of carbonyl (C=O) groups excluding carboxylic acids is 1. The minimum Gasteiger partial charge on any atom is -0.508 e. The molecule has 4 aromatic heterocycles. The summed E-state index contributed by atoms with van der Waals surface area (Å²) in [5.41, 5.74) is 11.9. The number of H-pyrrole nitrogens is 1. The van der Waals surface area contributed by atoms with Crippen LogP contribution >= 0.6 is 0 Å². The molecule has 0 radical (unpaired) electrons. The van der Waals surface area contributed by atoms with Gasteiger partial charge in [-0.3, -0.25) is 19.2 Å². The van der Waals surface area contributed by atoms with Crippen molar-refractivity contribution in [3.63, 3.8) is 0 Å². The maximum atomic E-state index is 14.5. The summed E-state index contributed by atoms with van der Waals surface area (Å²) in [6.45, 7) is 4.42. The highest BCUT2D eigenvalue weighted by molar-refractivity contribution is 6.19. The minimum atomic E-state index is -1.13. The monoisotopic (exact) mass is 556 g/mol. The van der Waals surface area contributed by atoms with Crippen LogP contribution in [-0.4, -0.2) is 77.7 Å². The summed E-state index contributed by atoms with van der Waals surface area (Å²) >= 11 is 0. The van der Waals surface area contributed by atoms with Gasteiger partial charge in [0, 0.05) is 37.0 Å². The number of ketones is 1. The zero-order valence-corrected chi connectivity index (χ0v) is 22.8. The number of hydrogen-bond donors (Lipinski definition) is 3. The second-order valence-corrected chi connectivity index (χ2v) is 11.0. The molecule has 7 rings (SSSR count). The lowest BCUT2D eigenvalue weighted by molar-refractivity contribution is 0.103. The number of aromatic amines is 1. The molecule has 210 valence electrons. The number of hydrogen-bond acceptors (Lipinski definition) is 9. The van der Waals surface area contributed by atoms with Gasteiger partial charge in [-0.1, -0.05) is 6.07 Å². The van der Waals surface area contributed by atoms with Crippen LogP contribution in [0.1, 0.15) is 51.6 Å². The van der Waals surface area contributed by atoms with Gasteiger partial charge in [0.1, 0.15) is 23.2 Å². The zero-order valence-electron chi connectivity index (χ0n) is 22.8. The molecular formula is C29H29FN8O3. The van der Waals surface area contributed by atoms with Gasteiger partial charge in [0.05, 0.1) is 33.7 Å². The number of nitrogens with two attached hydrogens (primary N) is 1. The molecule has 2 fully saturated rings. The number of rotatable bonds is 6. The molecule has 1 saturated carbocycles. The van der Waals surface area contributed by atoms with Crippen molar-refractivity contribution in [2.45, 2.75) is 44.9 Å². The Labute approximate surface area is 234 Å². The number of nitrogens with one attached hydrogen (secondary N) is 1. The van der Waals surface area contributed by atoms with Crippen LogP contribution in [0.5, 0.6) is 11.8 Å². The van der Waals surface area contributed by atoms with Gasteiger partial charge >= 0.3 is 6.01 Å². The molecule has 0 unspecified atom stereocenters. The van der Waals surface area contributed by atoms with Crippen molar-refractivity contribution in [2.75, 3.05) is 25.9 Å². The fraction of sp³-hybridized carbons (Fsp3) is 0.345. The Hall–Kier alpha value is -4.58. The third kappa shape index (κ3) is 4.08. The predicted molar refractivity (Wildman–Crippen MR) is 151 cm³/mol. The first kappa shape index (κ1) is 25.4. The Morgan fingerprint density at radius 1 is 1.17 bits per heavy atom. The number of likely N-dealkylation sites (N-methyl/N-ethyl adjacent to an activating group) is 1. The van der Waals surface area contributed by atoms with Crippen molar-refractivity contribution >= 4 is 33.8 Å². The number of phenols is 1. The standard InChI is InChI=1S/C29H29FN8O3/c1-13-4-7-19(39)14(2)25(13)38-27(31)21(24-28(38)33-9-8-32-24)26(40)18-10-17-23(34-18)22(15-5-6-15)36-29(35-17)41-20-12-37(3)11-16(20)30/h4,7-10,15-16,20,34,39H,5-6,11-12,31H2,1-3H3/t16-,20+/m1/s1. The molecule has 5 heterocycles. The molecule has 0 bridgehead atoms. The zero-order chi connectivity index (χ0) is 28.6. The molecule has 0 spiro atoms. The Morgan fingerprint density at radius 2 is 1.95 bits per heavy atom. The first-order chi connectivity index (χ1) is 19.7. The van der Waals surface area contributed by atoms with E-state index in [1.54, 1.807) is 29.7 Å². The Bertz CT molecular complexity index is 1860. The number of aryl methyl sites for hydroxylation is 1. The van der Waals surface area contributed by atoms with E-state index in [0.29, 0.717) is 46.5 Å². The van der Waals surface area contributed by atoms with Crippen LogP contribution in [0, 0.1) is 13.8 Å². The van der Waals surface area contributed by atoms with Crippen LogP contribution in [0.4, 0.5) is 10.2 Å². The van der Waals surface area contributed by atoms with Crippen LogP contribution in [0.15, 0.2) is 30.6 Å². The van der Waals surface area contributed by atoms with Gasteiger partial charge in [-0.15, -0.1) is 0 Å². The number of anilines is 1. The quantitative estimate of drug-likeness (QED) is 0.266. The smallest absolute Gasteiger partial charge is 0.317 e. The third-order valence-electron chi connectivity index (χ3n) is 8.01. The lowest BCUT2D eigenvalue weighted by Crippen LogP contribution is -2.28. The van der Waals surface area contributed by atoms with Crippen molar-refractivity contribution in [3.8, 4) is 17.4 Å². The maximum Gasteiger partial charge on any atom is 0.317 e. The number of aromatic nitrogens is 6. The van der Waals surface area contributed by atoms with Gasteiger partial charge in [-0.05, 0) is 51.4 Å². The van der Waals surface area contributed by atoms with Crippen LogP contribution in [0.2, 0.25) is 0 Å². The molecule has 0 amide bonds. The predicted octanol–water partition coefficient (Wildman–Crippen LogP) is 3.74. The normalized spacial score (nSPS) is 19.4. The van der Waals surface area contributed by atoms with Crippen molar-refractivity contribution in [1.82, 2.24) is 34.4 Å². The minimum absolute atomic E-state index is 0.103. The van der Waals surface area contributed by atoms with Crippen molar-refractivity contribution in [2.24, 2.45) is 0 Å². The van der Waals surface area contributed by atoms with Crippen molar-refractivity contribution in [3.05, 3.63) is 58.7 Å². The third-order valence-corrected chi connectivity index (χ3v) is 8.01. The van der Waals surface area contributed by atoms with Crippen molar-refractivity contribution in [1.29, 1.82) is 0 Å². The summed E-state index contributed by atoms with van der Waals surface area (Å²) in [6.07, 6.45) is 3.18. The Kier molecular flexibility index (Phi) is 5.72. The van der Waals surface area contributed by atoms with E-state index >= 15 is 0 Å². The fourth-order valence-corrected chi connectivity index (χ4v) is 5.77. The number of benzene rings is 1. The number of ether oxygens (including phenoxy) is 1. The molecule has 41 heavy (non-hydrogen) atoms. The summed E-state index contributed by atoms with van der Waals surface area (Å²) in [4.78, 5) is 37.3. The number of aromatic hydroxyl groups is 1. The highest BCUT2D eigenvalue weighted by Crippen LogP contribution is 2.43. The number of fused-ring (bicyclic) bond motifs is 2. The maximum absolute atomic E-state index is 14.5. The summed E-state index contributed by atoms with van der Waals surface area (Å²) in [6, 6.07) is 5.16. The Morgan fingerprint density at radius 3 is 2.68 bits per heavy atom. The molecule has 1 aliphatic heterocycles. The number of nitrogens with zero attached hydrogens (tertiary/aromatic N) is 6. The van der Waals surface area contributed by atoms with E-state index in [2.05, 4.69) is 24.9 Å². The van der Waals surface area contributed by atoms with E-state index in [9.17, 15) is 14.3 Å². The molecule has 11 nitrogen and oxygen atoms in total.